The van der Waals surface area contributed by atoms with Crippen LogP contribution in [0.3, 0.4) is 0 Å². The standard InChI is InChI=1S/C34H32N4O4/c1-5-40-33(39)19-26-11-6-7-14-32(26)41-22-30-28-18-25(15-16-31(28)38(37-30)23(2)3)27-12-8-13-29(35-4)34(27)42-21-24-10-9-17-36-20-24/h6-18,20,23H,5,19,21-22H2,1-3H3. The SMILES string of the molecule is [C-]#[N+]c1cccc(-c2ccc3c(c2)c(COc2ccccc2CC(=O)OCC)nn3C(C)C)c1OCc1cccnc1. The van der Waals surface area contributed by atoms with Crippen LogP contribution in [0.15, 0.2) is 85.2 Å². The van der Waals surface area contributed by atoms with Gasteiger partial charge >= 0.3 is 5.97 Å². The quantitative estimate of drug-likeness (QED) is 0.123. The zero-order valence-corrected chi connectivity index (χ0v) is 23.9. The topological polar surface area (TPSA) is 79.8 Å². The lowest BCUT2D eigenvalue weighted by Gasteiger charge is -2.14. The molecule has 2 aromatic heterocycles. The average molecular weight is 561 g/mol. The van der Waals surface area contributed by atoms with Crippen LogP contribution in [-0.4, -0.2) is 27.3 Å². The van der Waals surface area contributed by atoms with Gasteiger partial charge < -0.3 is 14.2 Å². The van der Waals surface area contributed by atoms with Gasteiger partial charge in [0, 0.05) is 40.5 Å². The molecule has 212 valence electrons. The molecule has 0 fully saturated rings. The summed E-state index contributed by atoms with van der Waals surface area (Å²) in [6.07, 6.45) is 3.60. The van der Waals surface area contributed by atoms with E-state index in [-0.39, 0.29) is 25.0 Å². The van der Waals surface area contributed by atoms with E-state index in [1.165, 1.54) is 0 Å². The molecule has 2 heterocycles. The zero-order valence-electron chi connectivity index (χ0n) is 23.9. The van der Waals surface area contributed by atoms with Gasteiger partial charge in [0.15, 0.2) is 0 Å². The van der Waals surface area contributed by atoms with Gasteiger partial charge in [-0.25, -0.2) is 4.85 Å². The van der Waals surface area contributed by atoms with Crippen molar-refractivity contribution in [3.05, 3.63) is 113 Å². The number of benzene rings is 3. The number of carbonyl (C=O) groups excluding carboxylic acids is 1. The highest BCUT2D eigenvalue weighted by molar-refractivity contribution is 5.89. The van der Waals surface area contributed by atoms with Gasteiger partial charge in [0.25, 0.3) is 0 Å². The molecule has 0 saturated heterocycles. The van der Waals surface area contributed by atoms with E-state index < -0.39 is 0 Å². The molecular weight excluding hydrogens is 528 g/mol. The molecule has 0 unspecified atom stereocenters. The fourth-order valence-corrected chi connectivity index (χ4v) is 4.81. The maximum atomic E-state index is 12.1. The van der Waals surface area contributed by atoms with E-state index in [0.717, 1.165) is 38.9 Å². The Hall–Kier alpha value is -5.16. The second-order valence-electron chi connectivity index (χ2n) is 10.0. The number of ether oxygens (including phenoxy) is 3. The minimum atomic E-state index is -0.295. The number of hydrogen-bond donors (Lipinski definition) is 0. The van der Waals surface area contributed by atoms with Gasteiger partial charge in [-0.3, -0.25) is 14.5 Å². The Bertz CT molecular complexity index is 1740. The van der Waals surface area contributed by atoms with Crippen LogP contribution >= 0.6 is 0 Å². The minimum Gasteiger partial charge on any atom is -0.499 e. The van der Waals surface area contributed by atoms with E-state index in [0.29, 0.717) is 30.4 Å². The second-order valence-corrected chi connectivity index (χ2v) is 10.0. The highest BCUT2D eigenvalue weighted by atomic mass is 16.5. The summed E-state index contributed by atoms with van der Waals surface area (Å²) >= 11 is 0. The lowest BCUT2D eigenvalue weighted by atomic mass is 10.0. The van der Waals surface area contributed by atoms with Crippen LogP contribution in [0.2, 0.25) is 0 Å². The van der Waals surface area contributed by atoms with E-state index in [4.69, 9.17) is 25.9 Å². The predicted molar refractivity (Wildman–Crippen MR) is 161 cm³/mol. The predicted octanol–water partition coefficient (Wildman–Crippen LogP) is 7.49. The van der Waals surface area contributed by atoms with E-state index in [2.05, 4.69) is 29.7 Å². The summed E-state index contributed by atoms with van der Waals surface area (Å²) in [5.41, 5.74) is 5.59. The average Bonchev–Trinajstić information content (AvgIpc) is 3.38. The molecule has 0 atom stereocenters. The Morgan fingerprint density at radius 2 is 1.86 bits per heavy atom. The van der Waals surface area contributed by atoms with Crippen LogP contribution in [0.1, 0.15) is 43.6 Å². The summed E-state index contributed by atoms with van der Waals surface area (Å²) in [5, 5.41) is 5.84. The fraction of sp³-hybridized carbons (Fsp3) is 0.235. The number of fused-ring (bicyclic) bond motifs is 1. The van der Waals surface area contributed by atoms with E-state index in [1.807, 2.05) is 65.3 Å². The lowest BCUT2D eigenvalue weighted by Crippen LogP contribution is -2.09. The molecule has 5 rings (SSSR count). The van der Waals surface area contributed by atoms with Crippen molar-refractivity contribution < 1.29 is 19.0 Å². The largest absolute Gasteiger partial charge is 0.499 e. The van der Waals surface area contributed by atoms with Crippen molar-refractivity contribution in [1.29, 1.82) is 0 Å². The van der Waals surface area contributed by atoms with Crippen molar-refractivity contribution in [3.63, 3.8) is 0 Å². The van der Waals surface area contributed by atoms with Gasteiger partial charge in [-0.1, -0.05) is 48.5 Å². The summed E-state index contributed by atoms with van der Waals surface area (Å²) in [5.74, 6) is 0.846. The highest BCUT2D eigenvalue weighted by Crippen LogP contribution is 2.40. The van der Waals surface area contributed by atoms with Gasteiger partial charge in [0.1, 0.15) is 30.4 Å². The molecule has 0 aliphatic carbocycles. The molecule has 0 radical (unpaired) electrons. The molecule has 0 saturated carbocycles. The van der Waals surface area contributed by atoms with Crippen LogP contribution < -0.4 is 9.47 Å². The van der Waals surface area contributed by atoms with Crippen LogP contribution in [0.25, 0.3) is 26.9 Å². The number of esters is 1. The summed E-state index contributed by atoms with van der Waals surface area (Å²) in [6.45, 7) is 14.5. The van der Waals surface area contributed by atoms with Gasteiger partial charge in [-0.2, -0.15) is 5.10 Å². The van der Waals surface area contributed by atoms with Gasteiger partial charge in [-0.15, -0.1) is 0 Å². The number of para-hydroxylation sites is 2. The van der Waals surface area contributed by atoms with Crippen molar-refractivity contribution >= 4 is 22.6 Å². The molecule has 0 aliphatic rings. The normalized spacial score (nSPS) is 10.9. The zero-order chi connectivity index (χ0) is 29.5. The molecule has 5 aromatic rings. The van der Waals surface area contributed by atoms with E-state index >= 15 is 0 Å². The molecule has 0 amide bonds. The first kappa shape index (κ1) is 28.4. The third kappa shape index (κ3) is 6.26. The Morgan fingerprint density at radius 1 is 1.00 bits per heavy atom. The monoisotopic (exact) mass is 560 g/mol. The van der Waals surface area contributed by atoms with E-state index in [1.54, 1.807) is 25.4 Å². The number of rotatable bonds is 11. The summed E-state index contributed by atoms with van der Waals surface area (Å²) < 4.78 is 19.6. The molecule has 0 aliphatic heterocycles. The minimum absolute atomic E-state index is 0.131. The molecular formula is C34H32N4O4. The molecule has 8 heteroatoms. The third-order valence-corrected chi connectivity index (χ3v) is 6.78. The Morgan fingerprint density at radius 3 is 2.62 bits per heavy atom. The first-order valence-corrected chi connectivity index (χ1v) is 13.9. The van der Waals surface area contributed by atoms with Crippen LogP contribution in [0.5, 0.6) is 11.5 Å². The van der Waals surface area contributed by atoms with Crippen LogP contribution in [0.4, 0.5) is 5.69 Å². The van der Waals surface area contributed by atoms with Gasteiger partial charge in [-0.05, 0) is 50.6 Å². The molecule has 0 bridgehead atoms. The Labute approximate surface area is 245 Å². The third-order valence-electron chi connectivity index (χ3n) is 6.78. The van der Waals surface area contributed by atoms with Gasteiger partial charge in [0.2, 0.25) is 5.69 Å². The van der Waals surface area contributed by atoms with Crippen molar-refractivity contribution in [2.45, 2.75) is 46.4 Å². The molecule has 0 N–H and O–H groups in total. The Balaban J connectivity index is 1.49. The lowest BCUT2D eigenvalue weighted by molar-refractivity contribution is -0.142. The number of carbonyl (C=O) groups is 1. The first-order chi connectivity index (χ1) is 20.5. The summed E-state index contributed by atoms with van der Waals surface area (Å²) in [4.78, 5) is 20.0. The molecule has 3 aromatic carbocycles. The van der Waals surface area contributed by atoms with Crippen LogP contribution in [0, 0.1) is 6.57 Å². The number of aromatic nitrogens is 3. The molecule has 42 heavy (non-hydrogen) atoms. The van der Waals surface area contributed by atoms with Crippen molar-refractivity contribution in [2.75, 3.05) is 6.61 Å². The maximum Gasteiger partial charge on any atom is 0.310 e. The Kier molecular flexibility index (Phi) is 8.78. The van der Waals surface area contributed by atoms with E-state index in [9.17, 15) is 4.79 Å². The van der Waals surface area contributed by atoms with Crippen molar-refractivity contribution in [2.24, 2.45) is 0 Å². The number of nitrogens with zero attached hydrogens (tertiary/aromatic N) is 4. The van der Waals surface area contributed by atoms with Gasteiger partial charge in [0.05, 0.1) is 25.1 Å². The smallest absolute Gasteiger partial charge is 0.310 e. The van der Waals surface area contributed by atoms with Crippen molar-refractivity contribution in [1.82, 2.24) is 14.8 Å². The number of pyridine rings is 1. The highest BCUT2D eigenvalue weighted by Gasteiger charge is 2.18. The summed E-state index contributed by atoms with van der Waals surface area (Å²) in [7, 11) is 0. The fourth-order valence-electron chi connectivity index (χ4n) is 4.81. The maximum absolute atomic E-state index is 12.1. The second kappa shape index (κ2) is 13.0. The molecule has 8 nitrogen and oxygen atoms in total. The number of hydrogen-bond acceptors (Lipinski definition) is 6. The van der Waals surface area contributed by atoms with Crippen LogP contribution in [-0.2, 0) is 29.2 Å². The van der Waals surface area contributed by atoms with Crippen molar-refractivity contribution in [3.8, 4) is 22.6 Å². The first-order valence-electron chi connectivity index (χ1n) is 13.9. The summed E-state index contributed by atoms with van der Waals surface area (Å²) in [6, 6.07) is 23.1. The molecule has 0 spiro atoms.